The quantitative estimate of drug-likeness (QED) is 0.267. The third kappa shape index (κ3) is 15.3. The van der Waals surface area contributed by atoms with Crippen molar-refractivity contribution in [1.29, 1.82) is 0 Å². The van der Waals surface area contributed by atoms with E-state index in [1.807, 2.05) is 0 Å². The molecular weight excluding hydrogens is 368 g/mol. The molecule has 3 rings (SSSR count). The summed E-state index contributed by atoms with van der Waals surface area (Å²) in [5, 5.41) is 8.10. The largest absolute Gasteiger partial charge is 0.460 e. The van der Waals surface area contributed by atoms with Gasteiger partial charge in [0.05, 0.1) is 43.9 Å². The van der Waals surface area contributed by atoms with Gasteiger partial charge in [-0.1, -0.05) is 12.6 Å². The van der Waals surface area contributed by atoms with Crippen LogP contribution >= 0.6 is 0 Å². The molecule has 1 unspecified atom stereocenters. The van der Waals surface area contributed by atoms with E-state index in [4.69, 9.17) is 9.84 Å². The van der Waals surface area contributed by atoms with Gasteiger partial charge in [0.1, 0.15) is 6.61 Å². The Morgan fingerprint density at radius 2 is 1.79 bits per heavy atom. The summed E-state index contributed by atoms with van der Waals surface area (Å²) < 4.78 is 13.5. The zero-order valence-corrected chi connectivity index (χ0v) is 15.9. The van der Waals surface area contributed by atoms with E-state index in [1.165, 1.54) is 12.2 Å². The van der Waals surface area contributed by atoms with Gasteiger partial charge in [0, 0.05) is 11.6 Å². The summed E-state index contributed by atoms with van der Waals surface area (Å²) in [6.45, 7) is 9.82. The molecule has 2 heterocycles. The van der Waals surface area contributed by atoms with E-state index >= 15 is 0 Å². The Bertz CT molecular complexity index is 663. The summed E-state index contributed by atoms with van der Waals surface area (Å²) in [4.78, 5) is 37.0. The van der Waals surface area contributed by atoms with Crippen LogP contribution in [-0.4, -0.2) is 62.4 Å². The van der Waals surface area contributed by atoms with E-state index in [2.05, 4.69) is 33.0 Å². The van der Waals surface area contributed by atoms with Gasteiger partial charge in [-0.05, 0) is 26.0 Å². The van der Waals surface area contributed by atoms with Gasteiger partial charge in [0.15, 0.2) is 0 Å². The van der Waals surface area contributed by atoms with Gasteiger partial charge in [-0.2, -0.15) is 9.98 Å². The molecule has 152 valence electrons. The number of ether oxygens (including phenoxy) is 3. The smallest absolute Gasteiger partial charge is 0.330 e. The highest BCUT2D eigenvalue weighted by molar-refractivity contribution is 5.81. The van der Waals surface area contributed by atoms with Crippen molar-refractivity contribution < 1.29 is 33.7 Å². The normalized spacial score (nSPS) is 14.5. The van der Waals surface area contributed by atoms with Gasteiger partial charge >= 0.3 is 5.97 Å². The average Bonchev–Trinajstić information content (AvgIpc) is 3.59. The second kappa shape index (κ2) is 16.3. The lowest BCUT2D eigenvalue weighted by molar-refractivity contribution is -0.138. The van der Waals surface area contributed by atoms with Crippen LogP contribution in [0.2, 0.25) is 0 Å². The fourth-order valence-corrected chi connectivity index (χ4v) is 1.25. The van der Waals surface area contributed by atoms with Crippen molar-refractivity contribution in [3.05, 3.63) is 36.4 Å². The summed E-state index contributed by atoms with van der Waals surface area (Å²) in [7, 11) is 0. The molecule has 0 spiro atoms. The first kappa shape index (κ1) is 25.1. The molecule has 1 N–H and O–H groups in total. The van der Waals surface area contributed by atoms with Crippen LogP contribution in [0.15, 0.2) is 40.8 Å². The predicted octanol–water partition coefficient (Wildman–Crippen LogP) is 2.06. The number of hydrogen-bond donors (Lipinski definition) is 1. The first-order chi connectivity index (χ1) is 13.5. The monoisotopic (exact) mass is 392 g/mol. The summed E-state index contributed by atoms with van der Waals surface area (Å²) in [5.74, 6) is -0.501. The molecule has 1 atom stereocenters. The van der Waals surface area contributed by atoms with Crippen LogP contribution < -0.4 is 0 Å². The minimum absolute atomic E-state index is 0.0465. The number of carbonyl (C=O) groups excluding carboxylic acids is 3. The number of carbonyl (C=O) groups is 1. The topological polar surface area (TPSA) is 130 Å². The Kier molecular flexibility index (Phi) is 14.6. The Morgan fingerprint density at radius 1 is 1.32 bits per heavy atom. The number of hydrogen-bond acceptors (Lipinski definition) is 9. The molecule has 2 fully saturated rings. The fraction of sp³-hybridized carbons (Fsp3) is 0.421. The molecule has 0 saturated carbocycles. The number of rotatable bonds is 5. The number of benzene rings is 1. The molecule has 2 aliphatic heterocycles. The third-order valence-electron chi connectivity index (χ3n) is 2.82. The van der Waals surface area contributed by atoms with Crippen molar-refractivity contribution in [2.75, 3.05) is 33.0 Å². The third-order valence-corrected chi connectivity index (χ3v) is 2.82. The molecule has 0 bridgehead atoms. The zero-order valence-electron chi connectivity index (χ0n) is 15.9. The van der Waals surface area contributed by atoms with Crippen molar-refractivity contribution in [2.24, 2.45) is 9.98 Å². The highest BCUT2D eigenvalue weighted by Gasteiger charge is 2.13. The standard InChI is InChI=1S/C9H6N2O2.C5H8O3.C3H6O.C2H4O/c1-7-8(10-5-12)3-2-4-9(7)11-6-13;1-2-5(7)8-4-3-6;1-3-2-4-3;1-2-3-1/h2-4H,1H3;2,6H,1,3-4H2;3H,2H2,1H3;1-2H2. The minimum atomic E-state index is -0.501. The first-order valence-electron chi connectivity index (χ1n) is 8.34. The van der Waals surface area contributed by atoms with Gasteiger partial charge in [-0.3, -0.25) is 0 Å². The SMILES string of the molecule is C1CO1.C=CC(=O)OCCO.CC1CO1.Cc1c(N=C=O)cccc1N=C=O. The Morgan fingerprint density at radius 3 is 2.07 bits per heavy atom. The van der Waals surface area contributed by atoms with Crippen LogP contribution in [-0.2, 0) is 28.6 Å². The Labute approximate surface area is 163 Å². The summed E-state index contributed by atoms with van der Waals surface area (Å²) in [6.07, 6.45) is 4.49. The first-order valence-corrected chi connectivity index (χ1v) is 8.34. The van der Waals surface area contributed by atoms with Crippen LogP contribution in [0.25, 0.3) is 0 Å². The lowest BCUT2D eigenvalue weighted by atomic mass is 10.1. The number of nitrogens with zero attached hydrogens (tertiary/aromatic N) is 2. The highest BCUT2D eigenvalue weighted by Crippen LogP contribution is 2.26. The van der Waals surface area contributed by atoms with Crippen molar-refractivity contribution in [3.8, 4) is 0 Å². The van der Waals surface area contributed by atoms with Crippen LogP contribution in [0.3, 0.4) is 0 Å². The molecule has 9 nitrogen and oxygen atoms in total. The maximum Gasteiger partial charge on any atom is 0.330 e. The molecule has 0 amide bonds. The minimum Gasteiger partial charge on any atom is -0.460 e. The molecule has 9 heteroatoms. The molecule has 2 saturated heterocycles. The van der Waals surface area contributed by atoms with E-state index in [0.717, 1.165) is 25.9 Å². The molecule has 2 aliphatic rings. The lowest BCUT2D eigenvalue weighted by Crippen LogP contribution is -2.04. The second-order valence-corrected chi connectivity index (χ2v) is 5.18. The van der Waals surface area contributed by atoms with E-state index < -0.39 is 5.97 Å². The molecule has 0 aromatic heterocycles. The highest BCUT2D eigenvalue weighted by atomic mass is 16.6. The van der Waals surface area contributed by atoms with Gasteiger partial charge < -0.3 is 19.3 Å². The van der Waals surface area contributed by atoms with Crippen LogP contribution in [0.1, 0.15) is 12.5 Å². The molecule has 28 heavy (non-hydrogen) atoms. The predicted molar refractivity (Wildman–Crippen MR) is 101 cm³/mol. The molecular formula is C19H24N2O7. The van der Waals surface area contributed by atoms with Crippen molar-refractivity contribution in [3.63, 3.8) is 0 Å². The van der Waals surface area contributed by atoms with Gasteiger partial charge in [0.25, 0.3) is 0 Å². The number of aliphatic hydroxyl groups is 1. The zero-order chi connectivity index (χ0) is 21.2. The summed E-state index contributed by atoms with van der Waals surface area (Å²) in [6, 6.07) is 4.94. The molecule has 0 aliphatic carbocycles. The van der Waals surface area contributed by atoms with Gasteiger partial charge in [0.2, 0.25) is 12.2 Å². The van der Waals surface area contributed by atoms with Gasteiger partial charge in [-0.15, -0.1) is 0 Å². The van der Waals surface area contributed by atoms with Crippen LogP contribution in [0.5, 0.6) is 0 Å². The van der Waals surface area contributed by atoms with E-state index in [-0.39, 0.29) is 13.2 Å². The fourth-order valence-electron chi connectivity index (χ4n) is 1.25. The Balaban J connectivity index is 0.000000406. The average molecular weight is 392 g/mol. The molecule has 1 aromatic carbocycles. The van der Waals surface area contributed by atoms with E-state index in [0.29, 0.717) is 23.0 Å². The Hall–Kier alpha value is -2.93. The second-order valence-electron chi connectivity index (χ2n) is 5.18. The summed E-state index contributed by atoms with van der Waals surface area (Å²) in [5.41, 5.74) is 1.59. The van der Waals surface area contributed by atoms with Crippen LogP contribution in [0, 0.1) is 6.92 Å². The summed E-state index contributed by atoms with van der Waals surface area (Å²) >= 11 is 0. The van der Waals surface area contributed by atoms with Crippen molar-refractivity contribution in [2.45, 2.75) is 20.0 Å². The number of esters is 1. The maximum absolute atomic E-state index is 10.1. The van der Waals surface area contributed by atoms with Crippen molar-refractivity contribution >= 4 is 29.5 Å². The number of aliphatic hydroxyl groups excluding tert-OH is 1. The number of epoxide rings is 2. The van der Waals surface area contributed by atoms with Gasteiger partial charge in [-0.25, -0.2) is 14.4 Å². The lowest BCUT2D eigenvalue weighted by Gasteiger charge is -1.99. The molecule has 0 radical (unpaired) electrons. The maximum atomic E-state index is 10.1. The number of aliphatic imine (C=N–C) groups is 2. The van der Waals surface area contributed by atoms with Crippen LogP contribution in [0.4, 0.5) is 11.4 Å². The van der Waals surface area contributed by atoms with Crippen molar-refractivity contribution in [1.82, 2.24) is 0 Å². The van der Waals surface area contributed by atoms with E-state index in [9.17, 15) is 14.4 Å². The van der Waals surface area contributed by atoms with E-state index in [1.54, 1.807) is 25.1 Å². The molecule has 1 aromatic rings. The number of isocyanates is 2.